The van der Waals surface area contributed by atoms with Crippen molar-refractivity contribution in [1.82, 2.24) is 5.32 Å². The molecule has 0 aliphatic heterocycles. The van der Waals surface area contributed by atoms with Crippen molar-refractivity contribution in [2.24, 2.45) is 0 Å². The third-order valence-corrected chi connectivity index (χ3v) is 6.80. The van der Waals surface area contributed by atoms with E-state index in [1.54, 1.807) is 12.1 Å². The van der Waals surface area contributed by atoms with Gasteiger partial charge in [0.25, 0.3) is 5.91 Å². The van der Waals surface area contributed by atoms with Crippen LogP contribution in [0.3, 0.4) is 0 Å². The first-order valence-corrected chi connectivity index (χ1v) is 12.3. The molecule has 1 amide bonds. The van der Waals surface area contributed by atoms with Crippen LogP contribution in [0.5, 0.6) is 11.5 Å². The summed E-state index contributed by atoms with van der Waals surface area (Å²) in [6.45, 7) is 1.25. The molecule has 1 aromatic heterocycles. The summed E-state index contributed by atoms with van der Waals surface area (Å²) in [4.78, 5) is 12.8. The maximum atomic E-state index is 12.8. The molecule has 38 heavy (non-hydrogen) atoms. The standard InChI is InChI=1S/C30H28N2O5.BrH/c33-24-10-4-9-22-26(24)29(36)27-23(28(22)35)16-21(17-25(27)34)30(37)31-13-5-8-19-11-14-32(15-12-19)18-20-6-2-1-3-7-20;/h1-4,6-7,9-12,14-17,28-29,35-36H,5,8,13,18H2,(H2-,31,33,34,37);1H. The van der Waals surface area contributed by atoms with Gasteiger partial charge in [0.1, 0.15) is 23.7 Å². The summed E-state index contributed by atoms with van der Waals surface area (Å²) in [5.41, 5.74) is 3.42. The Kier molecular flexibility index (Phi) is 8.46. The number of carbonyl (C=O) groups is 1. The number of fused-ring (bicyclic) bond motifs is 2. The average molecular weight is 577 g/mol. The van der Waals surface area contributed by atoms with E-state index < -0.39 is 12.2 Å². The number of benzene rings is 3. The minimum atomic E-state index is -1.32. The Bertz CT molecular complexity index is 1430. The lowest BCUT2D eigenvalue weighted by atomic mass is 9.80. The van der Waals surface area contributed by atoms with Crippen LogP contribution in [0, 0.1) is 0 Å². The predicted octanol–water partition coefficient (Wildman–Crippen LogP) is 0.277. The van der Waals surface area contributed by atoms with Gasteiger partial charge in [0, 0.05) is 40.9 Å². The molecule has 1 heterocycles. The highest BCUT2D eigenvalue weighted by Gasteiger charge is 2.35. The van der Waals surface area contributed by atoms with E-state index in [1.165, 1.54) is 29.3 Å². The molecule has 5 N–H and O–H groups in total. The van der Waals surface area contributed by atoms with E-state index in [-0.39, 0.29) is 56.6 Å². The number of carbonyl (C=O) groups excluding carboxylic acids is 1. The van der Waals surface area contributed by atoms with Gasteiger partial charge in [-0.25, -0.2) is 4.57 Å². The highest BCUT2D eigenvalue weighted by molar-refractivity contribution is 5.95. The van der Waals surface area contributed by atoms with E-state index in [4.69, 9.17) is 0 Å². The molecule has 8 heteroatoms. The van der Waals surface area contributed by atoms with Gasteiger partial charge in [-0.15, -0.1) is 0 Å². The molecule has 0 bridgehead atoms. The van der Waals surface area contributed by atoms with Gasteiger partial charge in [0.05, 0.1) is 0 Å². The number of phenols is 2. The first-order valence-electron chi connectivity index (χ1n) is 12.3. The van der Waals surface area contributed by atoms with Gasteiger partial charge in [-0.05, 0) is 47.7 Å². The molecule has 1 aliphatic rings. The second-order valence-corrected chi connectivity index (χ2v) is 9.31. The molecule has 7 nitrogen and oxygen atoms in total. The molecule has 0 spiro atoms. The van der Waals surface area contributed by atoms with Gasteiger partial charge in [0.2, 0.25) is 0 Å². The first kappa shape index (κ1) is 27.3. The minimum Gasteiger partial charge on any atom is -1.00 e. The molecule has 0 radical (unpaired) electrons. The number of aliphatic hydroxyl groups is 2. The molecule has 5 rings (SSSR count). The van der Waals surface area contributed by atoms with Gasteiger partial charge >= 0.3 is 0 Å². The number of nitrogens with zero attached hydrogens (tertiary/aromatic N) is 1. The van der Waals surface area contributed by atoms with Crippen molar-refractivity contribution in [3.05, 3.63) is 124 Å². The maximum absolute atomic E-state index is 12.8. The van der Waals surface area contributed by atoms with E-state index in [2.05, 4.69) is 46.5 Å². The number of pyridine rings is 1. The third-order valence-electron chi connectivity index (χ3n) is 6.80. The normalized spacial score (nSPS) is 15.6. The molecule has 2 atom stereocenters. The Morgan fingerprint density at radius 3 is 2.24 bits per heavy atom. The van der Waals surface area contributed by atoms with Crippen molar-refractivity contribution in [3.63, 3.8) is 0 Å². The Balaban J connectivity index is 0.00000336. The Hall–Kier alpha value is -3.72. The predicted molar refractivity (Wildman–Crippen MR) is 137 cm³/mol. The highest BCUT2D eigenvalue weighted by atomic mass is 79.9. The Labute approximate surface area is 231 Å². The van der Waals surface area contributed by atoms with Crippen molar-refractivity contribution in [2.75, 3.05) is 6.54 Å². The van der Waals surface area contributed by atoms with Crippen molar-refractivity contribution < 1.29 is 46.8 Å². The number of rotatable bonds is 7. The summed E-state index contributed by atoms with van der Waals surface area (Å²) in [6, 6.07) is 21.7. The fraction of sp³-hybridized carbons (Fsp3) is 0.200. The van der Waals surface area contributed by atoms with Crippen LogP contribution in [0.2, 0.25) is 0 Å². The van der Waals surface area contributed by atoms with Crippen molar-refractivity contribution >= 4 is 5.91 Å². The van der Waals surface area contributed by atoms with Gasteiger partial charge in [-0.3, -0.25) is 4.79 Å². The molecule has 1 aliphatic carbocycles. The molecular formula is C30H29BrN2O5. The SMILES string of the molecule is O=C(NCCCc1cc[n+](Cc2ccccc2)cc1)c1cc(O)c2c(c1)C(O)c1cccc(O)c1C2O.[Br-]. The monoisotopic (exact) mass is 576 g/mol. The second-order valence-electron chi connectivity index (χ2n) is 9.31. The zero-order chi connectivity index (χ0) is 25.9. The van der Waals surface area contributed by atoms with E-state index in [0.29, 0.717) is 12.1 Å². The molecule has 2 unspecified atom stereocenters. The molecule has 3 aromatic carbocycles. The highest BCUT2D eigenvalue weighted by Crippen LogP contribution is 2.47. The number of hydrogen-bond donors (Lipinski definition) is 5. The summed E-state index contributed by atoms with van der Waals surface area (Å²) >= 11 is 0. The zero-order valence-corrected chi connectivity index (χ0v) is 22.2. The number of amides is 1. The quantitative estimate of drug-likeness (QED) is 0.160. The molecule has 0 fully saturated rings. The second kappa shape index (κ2) is 11.8. The largest absolute Gasteiger partial charge is 1.00 e. The van der Waals surface area contributed by atoms with Crippen LogP contribution in [-0.4, -0.2) is 32.9 Å². The smallest absolute Gasteiger partial charge is 0.251 e. The Morgan fingerprint density at radius 1 is 0.789 bits per heavy atom. The van der Waals surface area contributed by atoms with Gasteiger partial charge in [-0.1, -0.05) is 42.5 Å². The summed E-state index contributed by atoms with van der Waals surface area (Å²) < 4.78 is 2.12. The molecule has 0 saturated carbocycles. The van der Waals surface area contributed by atoms with Gasteiger partial charge in [-0.2, -0.15) is 0 Å². The number of nitrogens with one attached hydrogen (secondary N) is 1. The Morgan fingerprint density at radius 2 is 1.50 bits per heavy atom. The van der Waals surface area contributed by atoms with Crippen LogP contribution < -0.4 is 26.9 Å². The number of aromatic nitrogens is 1. The number of halogens is 1. The van der Waals surface area contributed by atoms with E-state index >= 15 is 0 Å². The zero-order valence-electron chi connectivity index (χ0n) is 20.6. The summed E-state index contributed by atoms with van der Waals surface area (Å²) in [6.07, 6.45) is 3.13. The lowest BCUT2D eigenvalue weighted by Crippen LogP contribution is -3.00. The lowest BCUT2D eigenvalue weighted by molar-refractivity contribution is -0.688. The van der Waals surface area contributed by atoms with Crippen LogP contribution in [0.15, 0.2) is 85.2 Å². The lowest BCUT2D eigenvalue weighted by Gasteiger charge is -2.30. The summed E-state index contributed by atoms with van der Waals surface area (Å²) in [5, 5.41) is 45.2. The molecule has 0 saturated heterocycles. The van der Waals surface area contributed by atoms with Gasteiger partial charge in [0.15, 0.2) is 18.9 Å². The van der Waals surface area contributed by atoms with Crippen LogP contribution in [0.4, 0.5) is 0 Å². The summed E-state index contributed by atoms with van der Waals surface area (Å²) in [5.74, 6) is -0.855. The fourth-order valence-corrected chi connectivity index (χ4v) is 4.88. The first-order chi connectivity index (χ1) is 17.9. The van der Waals surface area contributed by atoms with Crippen molar-refractivity contribution in [1.29, 1.82) is 0 Å². The minimum absolute atomic E-state index is 0. The van der Waals surface area contributed by atoms with Crippen LogP contribution in [-0.2, 0) is 13.0 Å². The molecular weight excluding hydrogens is 548 g/mol. The third kappa shape index (κ3) is 5.57. The van der Waals surface area contributed by atoms with Crippen molar-refractivity contribution in [2.45, 2.75) is 31.6 Å². The number of aromatic hydroxyl groups is 2. The number of hydrogen-bond acceptors (Lipinski definition) is 5. The fourth-order valence-electron chi connectivity index (χ4n) is 4.88. The van der Waals surface area contributed by atoms with Gasteiger partial charge < -0.3 is 42.7 Å². The number of phenolic OH excluding ortho intramolecular Hbond substituents is 2. The molecule has 4 aromatic rings. The topological polar surface area (TPSA) is 114 Å². The van der Waals surface area contributed by atoms with Crippen LogP contribution >= 0.6 is 0 Å². The van der Waals surface area contributed by atoms with E-state index in [1.807, 2.05) is 18.2 Å². The number of aryl methyl sites for hydroxylation is 1. The maximum Gasteiger partial charge on any atom is 0.251 e. The van der Waals surface area contributed by atoms with E-state index in [9.17, 15) is 25.2 Å². The molecule has 196 valence electrons. The van der Waals surface area contributed by atoms with Crippen LogP contribution in [0.1, 0.15) is 62.4 Å². The van der Waals surface area contributed by atoms with Crippen molar-refractivity contribution in [3.8, 4) is 11.5 Å². The van der Waals surface area contributed by atoms with Crippen LogP contribution in [0.25, 0.3) is 0 Å². The summed E-state index contributed by atoms with van der Waals surface area (Å²) in [7, 11) is 0. The average Bonchev–Trinajstić information content (AvgIpc) is 2.90. The van der Waals surface area contributed by atoms with E-state index in [0.717, 1.165) is 19.4 Å². The number of aliphatic hydroxyl groups excluding tert-OH is 2.